The van der Waals surface area contributed by atoms with Crippen LogP contribution in [0.3, 0.4) is 0 Å². The third kappa shape index (κ3) is 3.87. The van der Waals surface area contributed by atoms with Crippen molar-refractivity contribution in [3.05, 3.63) is 23.2 Å². The van der Waals surface area contributed by atoms with Crippen LogP contribution in [0, 0.1) is 0 Å². The van der Waals surface area contributed by atoms with E-state index in [1.807, 2.05) is 7.05 Å². The molecule has 1 aliphatic rings. The molecule has 0 atom stereocenters. The summed E-state index contributed by atoms with van der Waals surface area (Å²) in [7, 11) is 3.58. The first-order chi connectivity index (χ1) is 9.60. The van der Waals surface area contributed by atoms with Gasteiger partial charge >= 0.3 is 0 Å². The SMILES string of the molecule is COc1ccc(Cl)cc1NC(=O)CN(C)C1CCCC1. The third-order valence-corrected chi connectivity index (χ3v) is 4.01. The lowest BCUT2D eigenvalue weighted by Gasteiger charge is -2.23. The highest BCUT2D eigenvalue weighted by atomic mass is 35.5. The number of halogens is 1. The number of nitrogens with one attached hydrogen (secondary N) is 1. The summed E-state index contributed by atoms with van der Waals surface area (Å²) in [5.41, 5.74) is 0.616. The smallest absolute Gasteiger partial charge is 0.238 e. The molecule has 1 N–H and O–H groups in total. The Kier molecular flexibility index (Phi) is 5.26. The van der Waals surface area contributed by atoms with Crippen LogP contribution in [0.15, 0.2) is 18.2 Å². The van der Waals surface area contributed by atoms with E-state index in [0.29, 0.717) is 29.0 Å². The second-order valence-corrected chi connectivity index (χ2v) is 5.68. The van der Waals surface area contributed by atoms with Gasteiger partial charge < -0.3 is 10.1 Å². The van der Waals surface area contributed by atoms with Gasteiger partial charge in [0.2, 0.25) is 5.91 Å². The zero-order valence-corrected chi connectivity index (χ0v) is 12.7. The monoisotopic (exact) mass is 296 g/mol. The number of hydrogen-bond donors (Lipinski definition) is 1. The molecule has 0 unspecified atom stereocenters. The summed E-state index contributed by atoms with van der Waals surface area (Å²) < 4.78 is 5.22. The van der Waals surface area contributed by atoms with E-state index in [1.165, 1.54) is 25.7 Å². The Morgan fingerprint density at radius 2 is 2.15 bits per heavy atom. The molecule has 0 heterocycles. The van der Waals surface area contributed by atoms with Gasteiger partial charge in [-0.2, -0.15) is 0 Å². The highest BCUT2D eigenvalue weighted by Crippen LogP contribution is 2.28. The van der Waals surface area contributed by atoms with Crippen molar-refractivity contribution >= 4 is 23.2 Å². The van der Waals surface area contributed by atoms with E-state index in [9.17, 15) is 4.79 Å². The van der Waals surface area contributed by atoms with Crippen molar-refractivity contribution in [2.75, 3.05) is 26.0 Å². The molecule has 4 nitrogen and oxygen atoms in total. The maximum absolute atomic E-state index is 12.1. The molecular formula is C15H21ClN2O2. The van der Waals surface area contributed by atoms with E-state index in [-0.39, 0.29) is 5.91 Å². The van der Waals surface area contributed by atoms with Crippen molar-refractivity contribution in [2.45, 2.75) is 31.7 Å². The van der Waals surface area contributed by atoms with Gasteiger partial charge in [-0.1, -0.05) is 24.4 Å². The molecule has 5 heteroatoms. The first-order valence-corrected chi connectivity index (χ1v) is 7.31. The molecule has 0 spiro atoms. The van der Waals surface area contributed by atoms with Crippen LogP contribution in [0.4, 0.5) is 5.69 Å². The standard InChI is InChI=1S/C15H21ClN2O2/c1-18(12-5-3-4-6-12)10-15(19)17-13-9-11(16)7-8-14(13)20-2/h7-9,12H,3-6,10H2,1-2H3,(H,17,19). The van der Waals surface area contributed by atoms with E-state index >= 15 is 0 Å². The van der Waals surface area contributed by atoms with Crippen molar-refractivity contribution in [1.82, 2.24) is 4.90 Å². The first kappa shape index (κ1) is 15.1. The molecule has 2 rings (SSSR count). The van der Waals surface area contributed by atoms with Gasteiger partial charge in [0, 0.05) is 11.1 Å². The highest BCUT2D eigenvalue weighted by molar-refractivity contribution is 6.31. The number of hydrogen-bond acceptors (Lipinski definition) is 3. The summed E-state index contributed by atoms with van der Waals surface area (Å²) in [6.07, 6.45) is 4.89. The summed E-state index contributed by atoms with van der Waals surface area (Å²) in [6.45, 7) is 0.389. The zero-order valence-electron chi connectivity index (χ0n) is 12.0. The van der Waals surface area contributed by atoms with Gasteiger partial charge in [-0.3, -0.25) is 9.69 Å². The van der Waals surface area contributed by atoms with Crippen LogP contribution in [0.5, 0.6) is 5.75 Å². The summed E-state index contributed by atoms with van der Waals surface area (Å²) in [6, 6.07) is 5.72. The fourth-order valence-electron chi connectivity index (χ4n) is 2.67. The second-order valence-electron chi connectivity index (χ2n) is 5.25. The van der Waals surface area contributed by atoms with Crippen molar-refractivity contribution in [3.8, 4) is 5.75 Å². The molecular weight excluding hydrogens is 276 g/mol. The highest BCUT2D eigenvalue weighted by Gasteiger charge is 2.21. The van der Waals surface area contributed by atoms with E-state index < -0.39 is 0 Å². The average Bonchev–Trinajstić information content (AvgIpc) is 2.92. The number of anilines is 1. The van der Waals surface area contributed by atoms with Crippen molar-refractivity contribution in [2.24, 2.45) is 0 Å². The predicted molar refractivity (Wildman–Crippen MR) is 81.5 cm³/mol. The summed E-state index contributed by atoms with van der Waals surface area (Å²) in [5.74, 6) is 0.575. The fourth-order valence-corrected chi connectivity index (χ4v) is 2.84. The Labute approximate surface area is 125 Å². The Balaban J connectivity index is 1.95. The Hall–Kier alpha value is -1.26. The minimum atomic E-state index is -0.0417. The molecule has 0 saturated heterocycles. The number of rotatable bonds is 5. The lowest BCUT2D eigenvalue weighted by atomic mass is 10.2. The average molecular weight is 297 g/mol. The lowest BCUT2D eigenvalue weighted by molar-refractivity contribution is -0.117. The van der Waals surface area contributed by atoms with Crippen LogP contribution in [0.1, 0.15) is 25.7 Å². The minimum absolute atomic E-state index is 0.0417. The minimum Gasteiger partial charge on any atom is -0.495 e. The van der Waals surface area contributed by atoms with Crippen LogP contribution in [0.2, 0.25) is 5.02 Å². The predicted octanol–water partition coefficient (Wildman–Crippen LogP) is 3.16. The van der Waals surface area contributed by atoms with Gasteiger partial charge in [-0.25, -0.2) is 0 Å². The largest absolute Gasteiger partial charge is 0.495 e. The molecule has 1 saturated carbocycles. The topological polar surface area (TPSA) is 41.6 Å². The number of carbonyl (C=O) groups excluding carboxylic acids is 1. The van der Waals surface area contributed by atoms with E-state index in [2.05, 4.69) is 10.2 Å². The van der Waals surface area contributed by atoms with Crippen molar-refractivity contribution in [3.63, 3.8) is 0 Å². The molecule has 0 bridgehead atoms. The normalized spacial score (nSPS) is 15.6. The molecule has 0 aliphatic heterocycles. The van der Waals surface area contributed by atoms with Crippen LogP contribution in [0.25, 0.3) is 0 Å². The van der Waals surface area contributed by atoms with Crippen molar-refractivity contribution < 1.29 is 9.53 Å². The number of nitrogens with zero attached hydrogens (tertiary/aromatic N) is 1. The number of ether oxygens (including phenoxy) is 1. The maximum Gasteiger partial charge on any atom is 0.238 e. The Morgan fingerprint density at radius 1 is 1.45 bits per heavy atom. The molecule has 1 fully saturated rings. The second kappa shape index (κ2) is 6.95. The van der Waals surface area contributed by atoms with Gasteiger partial charge in [0.15, 0.2) is 0 Å². The summed E-state index contributed by atoms with van der Waals surface area (Å²) in [4.78, 5) is 14.2. The van der Waals surface area contributed by atoms with Gasteiger partial charge in [-0.15, -0.1) is 0 Å². The van der Waals surface area contributed by atoms with Gasteiger partial charge in [0.25, 0.3) is 0 Å². The van der Waals surface area contributed by atoms with Crippen LogP contribution in [-0.2, 0) is 4.79 Å². The molecule has 1 aromatic rings. The van der Waals surface area contributed by atoms with E-state index in [1.54, 1.807) is 25.3 Å². The van der Waals surface area contributed by atoms with Crippen LogP contribution >= 0.6 is 11.6 Å². The molecule has 0 radical (unpaired) electrons. The quantitative estimate of drug-likeness (QED) is 0.907. The Morgan fingerprint density at radius 3 is 2.80 bits per heavy atom. The van der Waals surface area contributed by atoms with E-state index in [0.717, 1.165) is 0 Å². The van der Waals surface area contributed by atoms with Crippen LogP contribution < -0.4 is 10.1 Å². The molecule has 1 amide bonds. The maximum atomic E-state index is 12.1. The van der Waals surface area contributed by atoms with E-state index in [4.69, 9.17) is 16.3 Å². The number of methoxy groups -OCH3 is 1. The van der Waals surface area contributed by atoms with Crippen molar-refractivity contribution in [1.29, 1.82) is 0 Å². The number of likely N-dealkylation sites (N-methyl/N-ethyl adjacent to an activating group) is 1. The van der Waals surface area contributed by atoms with Gasteiger partial charge in [0.05, 0.1) is 19.3 Å². The summed E-state index contributed by atoms with van der Waals surface area (Å²) in [5, 5.41) is 3.44. The first-order valence-electron chi connectivity index (χ1n) is 6.94. The molecule has 1 aliphatic carbocycles. The molecule has 1 aromatic carbocycles. The third-order valence-electron chi connectivity index (χ3n) is 3.78. The number of amides is 1. The zero-order chi connectivity index (χ0) is 14.5. The summed E-state index contributed by atoms with van der Waals surface area (Å²) >= 11 is 5.95. The van der Waals surface area contributed by atoms with Crippen LogP contribution in [-0.4, -0.2) is 37.6 Å². The molecule has 0 aromatic heterocycles. The van der Waals surface area contributed by atoms with Gasteiger partial charge in [-0.05, 0) is 38.1 Å². The fraction of sp³-hybridized carbons (Fsp3) is 0.533. The number of carbonyl (C=O) groups is 1. The molecule has 20 heavy (non-hydrogen) atoms. The lowest BCUT2D eigenvalue weighted by Crippen LogP contribution is -2.36. The van der Waals surface area contributed by atoms with Gasteiger partial charge in [0.1, 0.15) is 5.75 Å². The Bertz CT molecular complexity index is 473. The molecule has 110 valence electrons. The number of benzene rings is 1.